The highest BCUT2D eigenvalue weighted by atomic mass is 32.2. The SMILES string of the molecule is C=CCC1(C)C(/C=C/C=C2\Sc3cc4ccccc4cc3N2C)=[N+](C)c2ccc3ccccc3c21. The highest BCUT2D eigenvalue weighted by Crippen LogP contribution is 2.48. The van der Waals surface area contributed by atoms with Crippen molar-refractivity contribution in [2.45, 2.75) is 23.7 Å². The molecule has 0 saturated carbocycles. The van der Waals surface area contributed by atoms with Gasteiger partial charge < -0.3 is 4.90 Å². The topological polar surface area (TPSA) is 6.25 Å². The van der Waals surface area contributed by atoms with Gasteiger partial charge in [0.15, 0.2) is 5.71 Å². The van der Waals surface area contributed by atoms with Crippen molar-refractivity contribution >= 4 is 50.4 Å². The molecule has 35 heavy (non-hydrogen) atoms. The molecular weight excluding hydrogens is 444 g/mol. The van der Waals surface area contributed by atoms with Crippen LogP contribution in [0.1, 0.15) is 18.9 Å². The first-order chi connectivity index (χ1) is 17.0. The summed E-state index contributed by atoms with van der Waals surface area (Å²) in [6.07, 6.45) is 9.69. The largest absolute Gasteiger partial charge is 0.338 e. The molecule has 0 radical (unpaired) electrons. The maximum Gasteiger partial charge on any atom is 0.210 e. The Morgan fingerprint density at radius 2 is 1.69 bits per heavy atom. The van der Waals surface area contributed by atoms with Crippen LogP contribution in [-0.4, -0.2) is 24.4 Å². The molecule has 4 aromatic carbocycles. The van der Waals surface area contributed by atoms with E-state index >= 15 is 0 Å². The van der Waals surface area contributed by atoms with Crippen molar-refractivity contribution in [2.75, 3.05) is 19.0 Å². The molecule has 172 valence electrons. The van der Waals surface area contributed by atoms with Crippen LogP contribution in [0.3, 0.4) is 0 Å². The monoisotopic (exact) mass is 473 g/mol. The maximum atomic E-state index is 4.10. The van der Waals surface area contributed by atoms with Gasteiger partial charge in [-0.05, 0) is 59.2 Å². The van der Waals surface area contributed by atoms with E-state index in [-0.39, 0.29) is 5.41 Å². The number of hydrogen-bond donors (Lipinski definition) is 0. The highest BCUT2D eigenvalue weighted by molar-refractivity contribution is 8.03. The van der Waals surface area contributed by atoms with Gasteiger partial charge in [0.2, 0.25) is 5.69 Å². The number of rotatable bonds is 4. The lowest BCUT2D eigenvalue weighted by molar-refractivity contribution is -0.401. The smallest absolute Gasteiger partial charge is 0.210 e. The van der Waals surface area contributed by atoms with Gasteiger partial charge in [0.1, 0.15) is 7.05 Å². The van der Waals surface area contributed by atoms with Gasteiger partial charge in [0, 0.05) is 29.6 Å². The van der Waals surface area contributed by atoms with E-state index in [4.69, 9.17) is 0 Å². The summed E-state index contributed by atoms with van der Waals surface area (Å²) in [5.74, 6) is 0. The molecule has 0 aliphatic carbocycles. The van der Waals surface area contributed by atoms with Crippen LogP contribution in [0.25, 0.3) is 21.5 Å². The summed E-state index contributed by atoms with van der Waals surface area (Å²) < 4.78 is 2.35. The lowest BCUT2D eigenvalue weighted by Crippen LogP contribution is -2.30. The first-order valence-electron chi connectivity index (χ1n) is 12.1. The van der Waals surface area contributed by atoms with Crippen molar-refractivity contribution in [3.8, 4) is 0 Å². The molecule has 6 rings (SSSR count). The van der Waals surface area contributed by atoms with Gasteiger partial charge in [-0.25, -0.2) is 0 Å². The second-order valence-corrected chi connectivity index (χ2v) is 10.7. The normalized spacial score (nSPS) is 20.4. The summed E-state index contributed by atoms with van der Waals surface area (Å²) in [6.45, 7) is 6.46. The van der Waals surface area contributed by atoms with Crippen LogP contribution in [0.4, 0.5) is 11.4 Å². The second kappa shape index (κ2) is 8.28. The molecule has 3 heteroatoms. The number of benzene rings is 4. The summed E-state index contributed by atoms with van der Waals surface area (Å²) in [7, 11) is 4.35. The Kier molecular flexibility index (Phi) is 5.19. The van der Waals surface area contributed by atoms with Crippen molar-refractivity contribution in [1.82, 2.24) is 0 Å². The van der Waals surface area contributed by atoms with E-state index in [0.717, 1.165) is 6.42 Å². The predicted octanol–water partition coefficient (Wildman–Crippen LogP) is 8.19. The van der Waals surface area contributed by atoms with Gasteiger partial charge in [-0.3, -0.25) is 0 Å². The van der Waals surface area contributed by atoms with Crippen molar-refractivity contribution in [3.05, 3.63) is 114 Å². The Hall–Kier alpha value is -3.56. The number of hydrogen-bond acceptors (Lipinski definition) is 2. The Morgan fingerprint density at radius 3 is 2.46 bits per heavy atom. The van der Waals surface area contributed by atoms with Gasteiger partial charge in [-0.15, -0.1) is 6.58 Å². The number of allylic oxidation sites excluding steroid dienone is 4. The third-order valence-corrected chi connectivity index (χ3v) is 8.69. The van der Waals surface area contributed by atoms with Crippen LogP contribution in [0.2, 0.25) is 0 Å². The van der Waals surface area contributed by atoms with E-state index in [2.05, 4.69) is 134 Å². The molecule has 0 N–H and O–H groups in total. The molecule has 1 unspecified atom stereocenters. The van der Waals surface area contributed by atoms with Crippen LogP contribution >= 0.6 is 11.8 Å². The first kappa shape index (κ1) is 21.9. The summed E-state index contributed by atoms with van der Waals surface area (Å²) in [5.41, 5.74) is 5.13. The van der Waals surface area contributed by atoms with E-state index in [1.54, 1.807) is 0 Å². The number of nitrogens with zero attached hydrogens (tertiary/aromatic N) is 2. The summed E-state index contributed by atoms with van der Waals surface area (Å²) >= 11 is 1.84. The molecule has 0 amide bonds. The molecule has 2 heterocycles. The Balaban J connectivity index is 1.37. The summed E-state index contributed by atoms with van der Waals surface area (Å²) in [5, 5.41) is 6.43. The third kappa shape index (κ3) is 3.37. The molecule has 2 aliphatic rings. The molecular formula is C32H29N2S+. The van der Waals surface area contributed by atoms with Gasteiger partial charge in [-0.1, -0.05) is 72.4 Å². The fraction of sp³-hybridized carbons (Fsp3) is 0.156. The third-order valence-electron chi connectivity index (χ3n) is 7.53. The average molecular weight is 474 g/mol. The van der Waals surface area contributed by atoms with E-state index in [1.807, 2.05) is 11.8 Å². The van der Waals surface area contributed by atoms with Gasteiger partial charge in [0.05, 0.1) is 16.1 Å². The van der Waals surface area contributed by atoms with Crippen LogP contribution < -0.4 is 4.90 Å². The van der Waals surface area contributed by atoms with Gasteiger partial charge in [-0.2, -0.15) is 4.58 Å². The molecule has 0 bridgehead atoms. The lowest BCUT2D eigenvalue weighted by Gasteiger charge is -2.22. The zero-order valence-electron chi connectivity index (χ0n) is 20.5. The average Bonchev–Trinajstić information content (AvgIpc) is 3.29. The minimum absolute atomic E-state index is 0.128. The first-order valence-corrected chi connectivity index (χ1v) is 12.9. The fourth-order valence-corrected chi connectivity index (χ4v) is 6.85. The number of anilines is 1. The zero-order chi connectivity index (χ0) is 24.2. The maximum absolute atomic E-state index is 4.10. The Bertz CT molecular complexity index is 1610. The molecule has 0 aromatic heterocycles. The lowest BCUT2D eigenvalue weighted by atomic mass is 9.74. The summed E-state index contributed by atoms with van der Waals surface area (Å²) in [6, 6.07) is 26.4. The van der Waals surface area contributed by atoms with E-state index in [0.29, 0.717) is 0 Å². The quantitative estimate of drug-likeness (QED) is 0.218. The molecule has 4 aromatic rings. The molecule has 2 aliphatic heterocycles. The van der Waals surface area contributed by atoms with E-state index in [1.165, 1.54) is 54.1 Å². The highest BCUT2D eigenvalue weighted by Gasteiger charge is 2.46. The minimum Gasteiger partial charge on any atom is -0.338 e. The van der Waals surface area contributed by atoms with Crippen molar-refractivity contribution in [3.63, 3.8) is 0 Å². The standard InChI is InChI=1S/C32H29N2S/c1-5-19-32(2)29(33(3)26-18-17-22-11-8-9-14-25(22)31(26)32)15-10-16-30-34(4)27-20-23-12-6-7-13-24(23)21-28(27)35-30/h5-18,20-21H,1,19H2,2-4H3/q+1. The van der Waals surface area contributed by atoms with Crippen molar-refractivity contribution in [1.29, 1.82) is 0 Å². The van der Waals surface area contributed by atoms with Crippen molar-refractivity contribution in [2.24, 2.45) is 0 Å². The molecule has 0 saturated heterocycles. The molecule has 0 fully saturated rings. The predicted molar refractivity (Wildman–Crippen MR) is 152 cm³/mol. The Labute approximate surface area is 211 Å². The van der Waals surface area contributed by atoms with Crippen LogP contribution in [0.15, 0.2) is 114 Å². The summed E-state index contributed by atoms with van der Waals surface area (Å²) in [4.78, 5) is 3.61. The van der Waals surface area contributed by atoms with E-state index in [9.17, 15) is 0 Å². The van der Waals surface area contributed by atoms with Gasteiger partial charge >= 0.3 is 0 Å². The molecule has 1 atom stereocenters. The Morgan fingerprint density at radius 1 is 0.971 bits per heavy atom. The number of thioether (sulfide) groups is 1. The van der Waals surface area contributed by atoms with Crippen molar-refractivity contribution < 1.29 is 4.58 Å². The van der Waals surface area contributed by atoms with Crippen LogP contribution in [-0.2, 0) is 5.41 Å². The zero-order valence-corrected chi connectivity index (χ0v) is 21.3. The second-order valence-electron chi connectivity index (χ2n) is 9.64. The molecule has 0 spiro atoms. The molecule has 2 nitrogen and oxygen atoms in total. The van der Waals surface area contributed by atoms with Crippen LogP contribution in [0, 0.1) is 0 Å². The minimum atomic E-state index is -0.128. The fourth-order valence-electron chi connectivity index (χ4n) is 5.76. The number of fused-ring (bicyclic) bond motifs is 5. The van der Waals surface area contributed by atoms with Crippen LogP contribution in [0.5, 0.6) is 0 Å². The van der Waals surface area contributed by atoms with E-state index < -0.39 is 0 Å². The van der Waals surface area contributed by atoms with Gasteiger partial charge in [0.25, 0.3) is 0 Å².